The summed E-state index contributed by atoms with van der Waals surface area (Å²) in [7, 11) is 0.508. The molecular weight excluding hydrogens is 469 g/mol. The number of benzene rings is 3. The van der Waals surface area contributed by atoms with Crippen molar-refractivity contribution in [3.63, 3.8) is 0 Å². The fraction of sp³-hybridized carbons (Fsp3) is 0.441. The highest BCUT2D eigenvalue weighted by molar-refractivity contribution is 7.48. The Balaban J connectivity index is 2.14. The monoisotopic (exact) mass is 515 g/mol. The summed E-state index contributed by atoms with van der Waals surface area (Å²) in [6.45, 7) is 18.0. The molecule has 3 heteroatoms. The second-order valence-electron chi connectivity index (χ2n) is 12.5. The molecule has 37 heavy (non-hydrogen) atoms. The molecule has 0 saturated carbocycles. The van der Waals surface area contributed by atoms with E-state index in [1.165, 1.54) is 23.7 Å². The maximum atomic E-state index is 11.8. The minimum Gasteiger partial charge on any atom is -0.507 e. The van der Waals surface area contributed by atoms with Gasteiger partial charge in [0, 0.05) is 22.5 Å². The molecule has 3 rings (SSSR count). The molecule has 0 fully saturated rings. The minimum atomic E-state index is -0.183. The van der Waals surface area contributed by atoms with Gasteiger partial charge in [-0.25, -0.2) is 0 Å². The first-order valence-electron chi connectivity index (χ1n) is 13.7. The lowest BCUT2D eigenvalue weighted by atomic mass is 9.77. The predicted octanol–water partition coefficient (Wildman–Crippen LogP) is 9.54. The highest BCUT2D eigenvalue weighted by atomic mass is 31.1. The van der Waals surface area contributed by atoms with Gasteiger partial charge in [0.1, 0.15) is 5.75 Å². The molecule has 1 N–H and O–H groups in total. The molecule has 0 aliphatic rings. The van der Waals surface area contributed by atoms with E-state index in [-0.39, 0.29) is 16.0 Å². The van der Waals surface area contributed by atoms with Crippen LogP contribution in [-0.2, 0) is 16.0 Å². The summed E-state index contributed by atoms with van der Waals surface area (Å²) in [5.74, 6) is 0.474. The molecule has 0 aliphatic carbocycles. The number of aromatic hydroxyl groups is 1. The average Bonchev–Trinajstić information content (AvgIpc) is 2.83. The fourth-order valence-electron chi connectivity index (χ4n) is 4.73. The van der Waals surface area contributed by atoms with E-state index < -0.39 is 0 Å². The zero-order valence-corrected chi connectivity index (χ0v) is 25.2. The molecule has 2 unspecified atom stereocenters. The van der Waals surface area contributed by atoms with Crippen LogP contribution in [0.15, 0.2) is 71.7 Å². The van der Waals surface area contributed by atoms with E-state index in [0.29, 0.717) is 14.3 Å². The lowest BCUT2D eigenvalue weighted by molar-refractivity contribution is 0.424. The van der Waals surface area contributed by atoms with Crippen LogP contribution < -0.4 is 5.30 Å². The van der Waals surface area contributed by atoms with Gasteiger partial charge in [-0.2, -0.15) is 0 Å². The molecule has 0 spiro atoms. The smallest absolute Gasteiger partial charge is 0.123 e. The molecule has 2 atom stereocenters. The molecule has 3 aromatic carbocycles. The zero-order chi connectivity index (χ0) is 27.3. The molecular formula is C34H46NOP. The van der Waals surface area contributed by atoms with Crippen LogP contribution in [0.2, 0.25) is 0 Å². The second-order valence-corrected chi connectivity index (χ2v) is 14.4. The Bertz CT molecular complexity index is 1200. The Morgan fingerprint density at radius 2 is 1.41 bits per heavy atom. The third-order valence-corrected chi connectivity index (χ3v) is 8.93. The molecule has 0 radical (unpaired) electrons. The summed E-state index contributed by atoms with van der Waals surface area (Å²) in [4.78, 5) is 4.76. The largest absolute Gasteiger partial charge is 0.507 e. The lowest BCUT2D eigenvalue weighted by Crippen LogP contribution is -2.25. The number of phenolic OH excluding ortho intramolecular Hbond substituents is 1. The fourth-order valence-corrected chi connectivity index (χ4v) is 6.42. The predicted molar refractivity (Wildman–Crippen MR) is 165 cm³/mol. The van der Waals surface area contributed by atoms with Crippen molar-refractivity contribution in [1.29, 1.82) is 0 Å². The topological polar surface area (TPSA) is 32.6 Å². The molecule has 0 saturated heterocycles. The highest BCUT2D eigenvalue weighted by Crippen LogP contribution is 2.51. The molecule has 198 valence electrons. The average molecular weight is 516 g/mol. The van der Waals surface area contributed by atoms with Crippen molar-refractivity contribution < 1.29 is 5.11 Å². The van der Waals surface area contributed by atoms with E-state index in [0.717, 1.165) is 35.2 Å². The number of hydrogen-bond donors (Lipinski definition) is 1. The second kappa shape index (κ2) is 12.0. The first kappa shape index (κ1) is 29.1. The van der Waals surface area contributed by atoms with Gasteiger partial charge in [0.25, 0.3) is 0 Å². The van der Waals surface area contributed by atoms with Gasteiger partial charge in [0.05, 0.1) is 5.69 Å². The Labute approximate surface area is 227 Å². The van der Waals surface area contributed by atoms with Crippen molar-refractivity contribution >= 4 is 25.8 Å². The maximum absolute atomic E-state index is 11.8. The van der Waals surface area contributed by atoms with Gasteiger partial charge in [-0.1, -0.05) is 138 Å². The molecule has 0 bridgehead atoms. The van der Waals surface area contributed by atoms with Crippen LogP contribution >= 0.6 is 8.58 Å². The number of aliphatic imine (C=N–C) groups is 1. The van der Waals surface area contributed by atoms with Crippen LogP contribution in [0.4, 0.5) is 5.69 Å². The summed E-state index contributed by atoms with van der Waals surface area (Å²) in [6.07, 6.45) is 6.55. The van der Waals surface area contributed by atoms with Crippen LogP contribution in [0.1, 0.15) is 103 Å². The third-order valence-electron chi connectivity index (χ3n) is 7.14. The van der Waals surface area contributed by atoms with Crippen molar-refractivity contribution in [2.45, 2.75) is 97.1 Å². The summed E-state index contributed by atoms with van der Waals surface area (Å²) in [5.41, 5.74) is 5.37. The van der Waals surface area contributed by atoms with E-state index in [1.54, 1.807) is 0 Å². The van der Waals surface area contributed by atoms with E-state index in [9.17, 15) is 5.11 Å². The standard InChI is InChI=1S/C34H46NOP/c1-9-10-16-21-34(8,29-23-26(32(2,3)4)22-28(31(29)36)33(5,6)7)37-30-20-15-14-17-25(30)24-35-27-18-12-11-13-19-27/h11-15,17-20,22-24,36-37H,9-10,16,21H2,1-8H3/b35-24+. The van der Waals surface area contributed by atoms with Gasteiger partial charge in [-0.3, -0.25) is 4.99 Å². The van der Waals surface area contributed by atoms with Crippen LogP contribution in [0.5, 0.6) is 5.75 Å². The zero-order valence-electron chi connectivity index (χ0n) is 24.2. The first-order valence-corrected chi connectivity index (χ1v) is 14.7. The number of para-hydroxylation sites is 1. The van der Waals surface area contributed by atoms with E-state index in [1.807, 2.05) is 36.5 Å². The van der Waals surface area contributed by atoms with Gasteiger partial charge < -0.3 is 5.11 Å². The number of nitrogens with zero attached hydrogens (tertiary/aromatic N) is 1. The number of unbranched alkanes of at least 4 members (excludes halogenated alkanes) is 2. The van der Waals surface area contributed by atoms with Crippen molar-refractivity contribution in [2.24, 2.45) is 4.99 Å². The quantitative estimate of drug-likeness (QED) is 0.172. The number of phenols is 1. The van der Waals surface area contributed by atoms with E-state index in [2.05, 4.69) is 91.8 Å². The number of rotatable bonds is 9. The summed E-state index contributed by atoms with van der Waals surface area (Å²) >= 11 is 0. The van der Waals surface area contributed by atoms with Crippen molar-refractivity contribution in [2.75, 3.05) is 0 Å². The summed E-state index contributed by atoms with van der Waals surface area (Å²) < 4.78 is 0. The number of hydrogen-bond acceptors (Lipinski definition) is 2. The third kappa shape index (κ3) is 7.55. The molecule has 3 aromatic rings. The normalized spacial score (nSPS) is 14.5. The maximum Gasteiger partial charge on any atom is 0.123 e. The summed E-state index contributed by atoms with van der Waals surface area (Å²) in [6, 6.07) is 23.2. The van der Waals surface area contributed by atoms with Gasteiger partial charge in [0.15, 0.2) is 0 Å². The Morgan fingerprint density at radius 1 is 0.784 bits per heavy atom. The van der Waals surface area contributed by atoms with Gasteiger partial charge in [-0.15, -0.1) is 0 Å². The molecule has 0 aliphatic heterocycles. The van der Waals surface area contributed by atoms with Gasteiger partial charge in [-0.05, 0) is 45.8 Å². The molecule has 0 amide bonds. The molecule has 2 nitrogen and oxygen atoms in total. The highest BCUT2D eigenvalue weighted by Gasteiger charge is 2.34. The van der Waals surface area contributed by atoms with Crippen molar-refractivity contribution in [3.8, 4) is 5.75 Å². The Hall–Kier alpha value is -2.44. The van der Waals surface area contributed by atoms with E-state index in [4.69, 9.17) is 4.99 Å². The van der Waals surface area contributed by atoms with Gasteiger partial charge in [0.2, 0.25) is 0 Å². The molecule has 0 aromatic heterocycles. The van der Waals surface area contributed by atoms with Gasteiger partial charge >= 0.3 is 0 Å². The first-order chi connectivity index (χ1) is 17.3. The van der Waals surface area contributed by atoms with Crippen LogP contribution in [0.25, 0.3) is 0 Å². The molecule has 0 heterocycles. The lowest BCUT2D eigenvalue weighted by Gasteiger charge is -2.36. The van der Waals surface area contributed by atoms with Crippen molar-refractivity contribution in [1.82, 2.24) is 0 Å². The summed E-state index contributed by atoms with van der Waals surface area (Å²) in [5, 5.41) is 12.9. The Morgan fingerprint density at radius 3 is 2.03 bits per heavy atom. The van der Waals surface area contributed by atoms with Crippen LogP contribution in [-0.4, -0.2) is 11.3 Å². The Kier molecular flexibility index (Phi) is 9.41. The van der Waals surface area contributed by atoms with Crippen molar-refractivity contribution in [3.05, 3.63) is 89.0 Å². The van der Waals surface area contributed by atoms with Crippen LogP contribution in [0, 0.1) is 0 Å². The van der Waals surface area contributed by atoms with E-state index >= 15 is 0 Å². The van der Waals surface area contributed by atoms with Crippen LogP contribution in [0.3, 0.4) is 0 Å². The minimum absolute atomic E-state index is 0.00383. The SMILES string of the molecule is CCCCCC(C)(Pc1ccccc1/C=N/c1ccccc1)c1cc(C(C)(C)C)cc(C(C)(C)C)c1O.